The number of allylic oxidation sites excluding steroid dienone is 1. The molecule has 0 unspecified atom stereocenters. The Morgan fingerprint density at radius 3 is 2.71 bits per heavy atom. The van der Waals surface area contributed by atoms with E-state index < -0.39 is 12.0 Å². The van der Waals surface area contributed by atoms with Crippen LogP contribution in [-0.4, -0.2) is 41.2 Å². The topological polar surface area (TPSA) is 80.2 Å². The normalized spacial score (nSPS) is 20.7. The second-order valence-electron chi connectivity index (χ2n) is 9.93. The standard InChI is InChI=1S/C30H33N3O4S/c1-19-11-12-25(20(2)14-19)28-27(29(35)37-17-22-8-5-4-6-9-22)21(3)32-30-33(28)23(18-38-30)15-26(34)31-16-24-10-7-13-36-24/h4-6,8-9,11-12,14,18,24,28H,7,10,13,15-17H2,1-3H3,(H,31,34)/t24-,28-/m0/s1. The van der Waals surface area contributed by atoms with Crippen LogP contribution in [0.5, 0.6) is 0 Å². The molecule has 2 atom stereocenters. The third-order valence-electron chi connectivity index (χ3n) is 7.05. The Morgan fingerprint density at radius 2 is 1.97 bits per heavy atom. The van der Waals surface area contributed by atoms with Gasteiger partial charge >= 0.3 is 5.97 Å². The number of amides is 1. The van der Waals surface area contributed by atoms with Crippen molar-refractivity contribution in [3.63, 3.8) is 0 Å². The van der Waals surface area contributed by atoms with E-state index in [2.05, 4.69) is 37.4 Å². The quantitative estimate of drug-likeness (QED) is 0.465. The molecule has 0 saturated carbocycles. The highest BCUT2D eigenvalue weighted by molar-refractivity contribution is 8.16. The van der Waals surface area contributed by atoms with Gasteiger partial charge in [0.25, 0.3) is 0 Å². The number of nitrogens with one attached hydrogen (secondary N) is 1. The molecule has 1 fully saturated rings. The van der Waals surface area contributed by atoms with E-state index in [9.17, 15) is 9.59 Å². The molecule has 0 spiro atoms. The molecule has 198 valence electrons. The molecule has 3 heterocycles. The number of fused-ring (bicyclic) bond motifs is 1. The number of benzene rings is 2. The lowest BCUT2D eigenvalue weighted by Gasteiger charge is -2.37. The monoisotopic (exact) mass is 531 g/mol. The third kappa shape index (κ3) is 5.71. The summed E-state index contributed by atoms with van der Waals surface area (Å²) < 4.78 is 11.4. The van der Waals surface area contributed by atoms with Gasteiger partial charge in [-0.25, -0.2) is 9.79 Å². The number of hydrogen-bond donors (Lipinski definition) is 1. The summed E-state index contributed by atoms with van der Waals surface area (Å²) in [6.45, 7) is 7.40. The summed E-state index contributed by atoms with van der Waals surface area (Å²) in [6, 6.07) is 15.4. The number of carbonyl (C=O) groups excluding carboxylic acids is 2. The van der Waals surface area contributed by atoms with Crippen molar-refractivity contribution in [1.82, 2.24) is 10.2 Å². The molecule has 2 aromatic rings. The van der Waals surface area contributed by atoms with Crippen LogP contribution in [0.25, 0.3) is 0 Å². The van der Waals surface area contributed by atoms with Crippen molar-refractivity contribution in [3.8, 4) is 0 Å². The maximum atomic E-state index is 13.6. The van der Waals surface area contributed by atoms with Crippen molar-refractivity contribution in [2.45, 2.75) is 58.8 Å². The van der Waals surface area contributed by atoms with Crippen molar-refractivity contribution >= 4 is 28.8 Å². The fraction of sp³-hybridized carbons (Fsp3) is 0.367. The number of esters is 1. The van der Waals surface area contributed by atoms with Crippen LogP contribution in [0.15, 0.2) is 75.9 Å². The Bertz CT molecular complexity index is 1310. The smallest absolute Gasteiger partial charge is 0.338 e. The van der Waals surface area contributed by atoms with Gasteiger partial charge in [-0.3, -0.25) is 4.79 Å². The summed E-state index contributed by atoms with van der Waals surface area (Å²) in [5.41, 5.74) is 6.05. The lowest BCUT2D eigenvalue weighted by molar-refractivity contribution is -0.141. The summed E-state index contributed by atoms with van der Waals surface area (Å²) in [6.07, 6.45) is 2.26. The summed E-state index contributed by atoms with van der Waals surface area (Å²) in [5.74, 6) is -0.481. The van der Waals surface area contributed by atoms with Crippen molar-refractivity contribution in [2.75, 3.05) is 13.2 Å². The predicted molar refractivity (Wildman–Crippen MR) is 149 cm³/mol. The molecule has 2 aromatic carbocycles. The summed E-state index contributed by atoms with van der Waals surface area (Å²) in [4.78, 5) is 33.4. The van der Waals surface area contributed by atoms with Crippen molar-refractivity contribution in [3.05, 3.63) is 93.2 Å². The zero-order valence-electron chi connectivity index (χ0n) is 22.0. The minimum absolute atomic E-state index is 0.0764. The molecule has 1 N–H and O–H groups in total. The van der Waals surface area contributed by atoms with Crippen LogP contribution in [0, 0.1) is 13.8 Å². The van der Waals surface area contributed by atoms with Crippen molar-refractivity contribution in [2.24, 2.45) is 4.99 Å². The molecule has 38 heavy (non-hydrogen) atoms. The minimum Gasteiger partial charge on any atom is -0.457 e. The average Bonchev–Trinajstić information content (AvgIpc) is 3.56. The molecule has 0 aliphatic carbocycles. The van der Waals surface area contributed by atoms with E-state index in [1.54, 1.807) is 0 Å². The molecule has 1 amide bonds. The van der Waals surface area contributed by atoms with Gasteiger partial charge in [0, 0.05) is 18.8 Å². The zero-order valence-corrected chi connectivity index (χ0v) is 22.8. The average molecular weight is 532 g/mol. The molecule has 3 aliphatic heterocycles. The second-order valence-corrected chi connectivity index (χ2v) is 10.8. The first kappa shape index (κ1) is 26.3. The van der Waals surface area contributed by atoms with Crippen molar-refractivity contribution in [1.29, 1.82) is 0 Å². The molecular weight excluding hydrogens is 498 g/mol. The van der Waals surface area contributed by atoms with Gasteiger partial charge in [0.1, 0.15) is 6.61 Å². The number of nitrogens with zero attached hydrogens (tertiary/aromatic N) is 2. The minimum atomic E-state index is -0.446. The van der Waals surface area contributed by atoms with Crippen LogP contribution in [0.1, 0.15) is 54.5 Å². The summed E-state index contributed by atoms with van der Waals surface area (Å²) in [7, 11) is 0. The van der Waals surface area contributed by atoms with Crippen LogP contribution in [-0.2, 0) is 25.7 Å². The van der Waals surface area contributed by atoms with E-state index in [1.807, 2.05) is 47.6 Å². The Kier molecular flexibility index (Phi) is 8.00. The first-order valence-corrected chi connectivity index (χ1v) is 13.9. The van der Waals surface area contributed by atoms with Gasteiger partial charge in [0.2, 0.25) is 5.91 Å². The fourth-order valence-corrected chi connectivity index (χ4v) is 6.08. The lowest BCUT2D eigenvalue weighted by atomic mass is 9.90. The highest BCUT2D eigenvalue weighted by atomic mass is 32.2. The number of amidine groups is 1. The molecule has 0 radical (unpaired) electrons. The Hall–Kier alpha value is -3.36. The lowest BCUT2D eigenvalue weighted by Crippen LogP contribution is -2.39. The Morgan fingerprint density at radius 1 is 1.16 bits per heavy atom. The maximum Gasteiger partial charge on any atom is 0.338 e. The highest BCUT2D eigenvalue weighted by Gasteiger charge is 2.41. The van der Waals surface area contributed by atoms with Crippen LogP contribution in [0.4, 0.5) is 0 Å². The number of ether oxygens (including phenoxy) is 2. The molecule has 7 nitrogen and oxygen atoms in total. The Balaban J connectivity index is 1.42. The predicted octanol–water partition coefficient (Wildman–Crippen LogP) is 5.31. The molecule has 1 saturated heterocycles. The SMILES string of the molecule is CC1=C(C(=O)OCc2ccccc2)[C@H](c2ccc(C)cc2C)N2C(CC(=O)NC[C@@H]3CCCO3)=CSC2=N1. The number of hydrogen-bond acceptors (Lipinski definition) is 7. The van der Waals surface area contributed by atoms with Gasteiger partial charge in [0.15, 0.2) is 5.17 Å². The largest absolute Gasteiger partial charge is 0.457 e. The van der Waals surface area contributed by atoms with E-state index in [0.717, 1.165) is 52.6 Å². The van der Waals surface area contributed by atoms with Gasteiger partial charge in [-0.1, -0.05) is 65.9 Å². The number of carbonyl (C=O) groups is 2. The number of thioether (sulfide) groups is 1. The van der Waals surface area contributed by atoms with Gasteiger partial charge in [-0.2, -0.15) is 0 Å². The molecule has 8 heteroatoms. The van der Waals surface area contributed by atoms with E-state index in [1.165, 1.54) is 11.8 Å². The van der Waals surface area contributed by atoms with Crippen LogP contribution < -0.4 is 5.32 Å². The van der Waals surface area contributed by atoms with Crippen LogP contribution >= 0.6 is 11.8 Å². The van der Waals surface area contributed by atoms with E-state index >= 15 is 0 Å². The van der Waals surface area contributed by atoms with Crippen molar-refractivity contribution < 1.29 is 19.1 Å². The van der Waals surface area contributed by atoms with Gasteiger partial charge in [0.05, 0.1) is 29.8 Å². The van der Waals surface area contributed by atoms with Gasteiger partial charge in [-0.15, -0.1) is 0 Å². The molecular formula is C30H33N3O4S. The number of rotatable bonds is 8. The first-order valence-electron chi connectivity index (χ1n) is 13.0. The number of aryl methyl sites for hydroxylation is 2. The molecule has 0 bridgehead atoms. The van der Waals surface area contributed by atoms with E-state index in [-0.39, 0.29) is 25.0 Å². The molecule has 3 aliphatic rings. The van der Waals surface area contributed by atoms with E-state index in [0.29, 0.717) is 17.8 Å². The summed E-state index contributed by atoms with van der Waals surface area (Å²) >= 11 is 1.48. The van der Waals surface area contributed by atoms with Gasteiger partial charge in [-0.05, 0) is 55.7 Å². The van der Waals surface area contributed by atoms with Crippen LogP contribution in [0.2, 0.25) is 0 Å². The highest BCUT2D eigenvalue weighted by Crippen LogP contribution is 2.45. The first-order chi connectivity index (χ1) is 18.4. The zero-order chi connectivity index (χ0) is 26.6. The fourth-order valence-electron chi connectivity index (χ4n) is 5.12. The second kappa shape index (κ2) is 11.6. The number of aliphatic imine (C=N–C) groups is 1. The maximum absolute atomic E-state index is 13.6. The van der Waals surface area contributed by atoms with Gasteiger partial charge < -0.3 is 19.7 Å². The molecule has 5 rings (SSSR count). The van der Waals surface area contributed by atoms with Crippen LogP contribution in [0.3, 0.4) is 0 Å². The Labute approximate surface area is 228 Å². The summed E-state index contributed by atoms with van der Waals surface area (Å²) in [5, 5.41) is 5.74. The van der Waals surface area contributed by atoms with E-state index in [4.69, 9.17) is 14.5 Å². The molecule has 0 aromatic heterocycles. The third-order valence-corrected chi connectivity index (χ3v) is 7.93.